The molecule has 7 heteroatoms. The number of hydrogen-bond donors (Lipinski definition) is 0. The number of hydrogen-bond acceptors (Lipinski definition) is 6. The number of carbonyl (C=O) groups is 4. The van der Waals surface area contributed by atoms with E-state index in [1.165, 1.54) is 13.8 Å². The third kappa shape index (κ3) is 11.5. The smallest absolute Gasteiger partial charge is 0.549 e. The summed E-state index contributed by atoms with van der Waals surface area (Å²) in [6, 6.07) is 0. The Morgan fingerprint density at radius 2 is 0.742 bits per heavy atom. The maximum absolute atomic E-state index is 11.5. The summed E-state index contributed by atoms with van der Waals surface area (Å²) in [4.78, 5) is 45.3. The molecule has 0 bridgehead atoms. The van der Waals surface area contributed by atoms with Crippen LogP contribution in [0.4, 0.5) is 0 Å². The minimum atomic E-state index is -1.23. The molecule has 0 aliphatic carbocycles. The summed E-state index contributed by atoms with van der Waals surface area (Å²) in [6.45, 7) is 10.7. The van der Waals surface area contributed by atoms with Gasteiger partial charge in [-0.1, -0.05) is 79.1 Å². The minimum absolute atomic E-state index is 0. The number of unbranched alkanes of at least 4 members (excludes halogenated alkanes) is 4. The van der Waals surface area contributed by atoms with E-state index in [4.69, 9.17) is 0 Å². The van der Waals surface area contributed by atoms with E-state index in [2.05, 4.69) is 0 Å². The van der Waals surface area contributed by atoms with Gasteiger partial charge in [-0.3, -0.25) is 9.59 Å². The van der Waals surface area contributed by atoms with Crippen LogP contribution >= 0.6 is 0 Å². The zero-order valence-electron chi connectivity index (χ0n) is 20.4. The van der Waals surface area contributed by atoms with Crippen LogP contribution in [0.1, 0.15) is 119 Å². The van der Waals surface area contributed by atoms with Crippen molar-refractivity contribution in [3.8, 4) is 0 Å². The molecule has 0 unspecified atom stereocenters. The van der Waals surface area contributed by atoms with E-state index in [1.54, 1.807) is 0 Å². The van der Waals surface area contributed by atoms with Crippen LogP contribution in [0, 0.1) is 10.8 Å². The molecule has 0 aliphatic heterocycles. The zero-order valence-corrected chi connectivity index (χ0v) is 23.3. The fourth-order valence-electron chi connectivity index (χ4n) is 3.56. The summed E-state index contributed by atoms with van der Waals surface area (Å²) in [7, 11) is 0. The summed E-state index contributed by atoms with van der Waals surface area (Å²) < 4.78 is 0. The first-order chi connectivity index (χ1) is 14.0. The fourth-order valence-corrected chi connectivity index (χ4v) is 3.56. The molecule has 0 saturated carbocycles. The second kappa shape index (κ2) is 18.6. The molecule has 0 spiro atoms. The van der Waals surface area contributed by atoms with Crippen LogP contribution in [0.3, 0.4) is 0 Å². The van der Waals surface area contributed by atoms with E-state index in [0.29, 0.717) is 25.7 Å². The summed E-state index contributed by atoms with van der Waals surface area (Å²) in [5, 5.41) is 22.3. The van der Waals surface area contributed by atoms with E-state index in [9.17, 15) is 29.4 Å². The first-order valence-electron chi connectivity index (χ1n) is 11.5. The molecule has 31 heavy (non-hydrogen) atoms. The molecule has 0 atom stereocenters. The average Bonchev–Trinajstić information content (AvgIpc) is 2.68. The Hall–Kier alpha value is -0.921. The van der Waals surface area contributed by atoms with Crippen molar-refractivity contribution in [2.24, 2.45) is 10.8 Å². The van der Waals surface area contributed by atoms with Crippen molar-refractivity contribution in [1.82, 2.24) is 0 Å². The first kappa shape index (κ1) is 34.7. The SMILES string of the molecule is CCCCC(CCCC)(C(C)=O)C(=O)[O-].CCCCC(CCCC)(C(C)=O)C(=O)[O-].[Sn+2]. The molecule has 178 valence electrons. The predicted molar refractivity (Wildman–Crippen MR) is 120 cm³/mol. The van der Waals surface area contributed by atoms with Crippen LogP contribution in [0.25, 0.3) is 0 Å². The van der Waals surface area contributed by atoms with Gasteiger partial charge in [0.05, 0.1) is 22.8 Å². The molecule has 0 aromatic carbocycles. The van der Waals surface area contributed by atoms with Crippen molar-refractivity contribution < 1.29 is 29.4 Å². The topological polar surface area (TPSA) is 114 Å². The van der Waals surface area contributed by atoms with E-state index in [-0.39, 0.29) is 35.5 Å². The minimum Gasteiger partial charge on any atom is -0.549 e. The normalized spacial score (nSPS) is 11.0. The Kier molecular flexibility index (Phi) is 20.8. The molecule has 0 heterocycles. The Morgan fingerprint density at radius 1 is 0.548 bits per heavy atom. The number of carboxylic acid groups (broad SMARTS) is 2. The standard InChI is InChI=1S/2C12H22O3.Sn/c2*1-4-6-8-12(10(3)13,11(14)15)9-7-5-2;/h2*4-9H2,1-3H3,(H,14,15);/q;;+2/p-2. The average molecular weight is 545 g/mol. The predicted octanol–water partition coefficient (Wildman–Crippen LogP) is 3.00. The Morgan fingerprint density at radius 3 is 0.839 bits per heavy atom. The Bertz CT molecular complexity index is 448. The zero-order chi connectivity index (χ0) is 23.8. The second-order valence-corrected chi connectivity index (χ2v) is 8.27. The van der Waals surface area contributed by atoms with Gasteiger partial charge in [0, 0.05) is 0 Å². The van der Waals surface area contributed by atoms with Gasteiger partial charge in [0.2, 0.25) is 0 Å². The molecule has 0 aliphatic rings. The second-order valence-electron chi connectivity index (χ2n) is 8.27. The van der Waals surface area contributed by atoms with E-state index < -0.39 is 22.8 Å². The van der Waals surface area contributed by atoms with Crippen molar-refractivity contribution in [3.05, 3.63) is 0 Å². The van der Waals surface area contributed by atoms with Crippen molar-refractivity contribution in [2.45, 2.75) is 119 Å². The van der Waals surface area contributed by atoms with Crippen LogP contribution in [-0.2, 0) is 19.2 Å². The summed E-state index contributed by atoms with van der Waals surface area (Å²) in [5.41, 5.74) is -2.46. The quantitative estimate of drug-likeness (QED) is 0.218. The van der Waals surface area contributed by atoms with Crippen molar-refractivity contribution >= 4 is 47.4 Å². The number of rotatable bonds is 16. The van der Waals surface area contributed by atoms with Gasteiger partial charge in [-0.05, 0) is 39.5 Å². The maximum Gasteiger partial charge on any atom is 2.00 e. The molecule has 0 fully saturated rings. The van der Waals surface area contributed by atoms with Crippen molar-refractivity contribution in [2.75, 3.05) is 0 Å². The summed E-state index contributed by atoms with van der Waals surface area (Å²) >= 11 is 0. The number of Topliss-reactive ketones (excluding diaryl/α,β-unsaturated/α-hetero) is 2. The molecule has 0 rings (SSSR count). The van der Waals surface area contributed by atoms with Crippen LogP contribution in [-0.4, -0.2) is 47.4 Å². The van der Waals surface area contributed by atoms with Gasteiger partial charge in [0.15, 0.2) is 0 Å². The number of ketones is 2. The Balaban J connectivity index is -0.000000490. The van der Waals surface area contributed by atoms with Crippen LogP contribution < -0.4 is 10.2 Å². The van der Waals surface area contributed by atoms with Gasteiger partial charge >= 0.3 is 23.9 Å². The molecule has 2 radical (unpaired) electrons. The van der Waals surface area contributed by atoms with Gasteiger partial charge < -0.3 is 19.8 Å². The van der Waals surface area contributed by atoms with Crippen LogP contribution in [0.2, 0.25) is 0 Å². The monoisotopic (exact) mass is 546 g/mol. The van der Waals surface area contributed by atoms with E-state index >= 15 is 0 Å². The molecule has 0 saturated heterocycles. The van der Waals surface area contributed by atoms with Gasteiger partial charge in [-0.15, -0.1) is 0 Å². The largest absolute Gasteiger partial charge is 2.00 e. The van der Waals surface area contributed by atoms with Gasteiger partial charge in [-0.2, -0.15) is 0 Å². The van der Waals surface area contributed by atoms with Crippen LogP contribution in [0.15, 0.2) is 0 Å². The third-order valence-corrected chi connectivity index (χ3v) is 5.96. The number of carbonyl (C=O) groups excluding carboxylic acids is 4. The molecule has 0 aromatic rings. The molecule has 0 N–H and O–H groups in total. The maximum atomic E-state index is 11.5. The number of carboxylic acids is 2. The number of aliphatic carboxylic acids is 2. The molecular weight excluding hydrogens is 503 g/mol. The van der Waals surface area contributed by atoms with Crippen LogP contribution in [0.5, 0.6) is 0 Å². The molecule has 0 aromatic heterocycles. The fraction of sp³-hybridized carbons (Fsp3) is 0.833. The third-order valence-electron chi connectivity index (χ3n) is 5.96. The summed E-state index contributed by atoms with van der Waals surface area (Å²) in [5.74, 6) is -2.91. The van der Waals surface area contributed by atoms with Gasteiger partial charge in [0.1, 0.15) is 11.6 Å². The van der Waals surface area contributed by atoms with Gasteiger partial charge in [0.25, 0.3) is 0 Å². The van der Waals surface area contributed by atoms with Crippen molar-refractivity contribution in [1.29, 1.82) is 0 Å². The van der Waals surface area contributed by atoms with Gasteiger partial charge in [-0.25, -0.2) is 0 Å². The van der Waals surface area contributed by atoms with E-state index in [1.807, 2.05) is 27.7 Å². The molecule has 6 nitrogen and oxygen atoms in total. The van der Waals surface area contributed by atoms with Crippen molar-refractivity contribution in [3.63, 3.8) is 0 Å². The molecule has 0 amide bonds. The Labute approximate surface area is 205 Å². The summed E-state index contributed by atoms with van der Waals surface area (Å²) in [6.07, 6.45) is 8.31. The molecular formula is C24H42O6Sn. The first-order valence-corrected chi connectivity index (χ1v) is 11.5. The van der Waals surface area contributed by atoms with E-state index in [0.717, 1.165) is 51.4 Å².